The summed E-state index contributed by atoms with van der Waals surface area (Å²) in [6, 6.07) is 15.1. The number of hydrogen-bond acceptors (Lipinski definition) is 6. The summed E-state index contributed by atoms with van der Waals surface area (Å²) in [5.41, 5.74) is 2.32. The van der Waals surface area contributed by atoms with Crippen LogP contribution in [0.1, 0.15) is 15.9 Å². The number of sulfonamides is 1. The van der Waals surface area contributed by atoms with Crippen LogP contribution in [-0.4, -0.2) is 64.5 Å². The molecule has 32 heavy (non-hydrogen) atoms. The summed E-state index contributed by atoms with van der Waals surface area (Å²) in [4.78, 5) is 19.2. The topological polar surface area (TPSA) is 88.4 Å². The van der Waals surface area contributed by atoms with Crippen molar-refractivity contribution in [1.29, 1.82) is 0 Å². The van der Waals surface area contributed by atoms with E-state index in [0.717, 1.165) is 16.6 Å². The molecule has 8 nitrogen and oxygen atoms in total. The minimum absolute atomic E-state index is 0.150. The summed E-state index contributed by atoms with van der Waals surface area (Å²) in [6.45, 7) is 1.84. The molecule has 1 saturated heterocycles. The lowest BCUT2D eigenvalue weighted by Crippen LogP contribution is -2.50. The largest absolute Gasteiger partial charge is 0.336 e. The molecule has 1 aromatic carbocycles. The fourth-order valence-electron chi connectivity index (χ4n) is 3.81. The van der Waals surface area contributed by atoms with Crippen LogP contribution in [0.2, 0.25) is 0 Å². The maximum atomic E-state index is 13.0. The summed E-state index contributed by atoms with van der Waals surface area (Å²) >= 11 is 1.20. The molecule has 5 rings (SSSR count). The molecule has 10 heteroatoms. The summed E-state index contributed by atoms with van der Waals surface area (Å²) in [7, 11) is -3.49. The smallest absolute Gasteiger partial charge is 0.255 e. The average Bonchev–Trinajstić information content (AvgIpc) is 3.50. The maximum Gasteiger partial charge on any atom is 0.255 e. The Hall–Kier alpha value is -3.08. The number of hydrogen-bond donors (Lipinski definition) is 0. The van der Waals surface area contributed by atoms with Gasteiger partial charge in [0, 0.05) is 37.8 Å². The van der Waals surface area contributed by atoms with Crippen molar-refractivity contribution in [3.8, 4) is 0 Å². The minimum Gasteiger partial charge on any atom is -0.336 e. The molecular formula is C22H21N5O3S2. The first kappa shape index (κ1) is 20.8. The van der Waals surface area contributed by atoms with E-state index >= 15 is 0 Å². The van der Waals surface area contributed by atoms with Crippen LogP contribution in [0, 0.1) is 0 Å². The molecule has 0 bridgehead atoms. The molecule has 0 aliphatic carbocycles. The Bertz CT molecular complexity index is 1340. The number of pyridine rings is 1. The molecule has 4 aromatic rings. The third-order valence-electron chi connectivity index (χ3n) is 5.51. The molecule has 1 aliphatic rings. The Morgan fingerprint density at radius 2 is 1.78 bits per heavy atom. The number of piperazine rings is 1. The second kappa shape index (κ2) is 8.45. The van der Waals surface area contributed by atoms with Gasteiger partial charge in [0.15, 0.2) is 5.65 Å². The van der Waals surface area contributed by atoms with Crippen molar-refractivity contribution in [2.75, 3.05) is 26.2 Å². The summed E-state index contributed by atoms with van der Waals surface area (Å²) in [6.07, 6.45) is 3.29. The molecule has 0 saturated carbocycles. The van der Waals surface area contributed by atoms with Gasteiger partial charge in [-0.3, -0.25) is 4.79 Å². The number of carbonyl (C=O) groups excluding carboxylic acids is 1. The van der Waals surface area contributed by atoms with Gasteiger partial charge in [0.2, 0.25) is 0 Å². The zero-order valence-corrected chi connectivity index (χ0v) is 18.8. The fraction of sp³-hybridized carbons (Fsp3) is 0.227. The van der Waals surface area contributed by atoms with Crippen LogP contribution in [0.3, 0.4) is 0 Å². The summed E-state index contributed by atoms with van der Waals surface area (Å²) in [5.74, 6) is -0.150. The first-order valence-corrected chi connectivity index (χ1v) is 12.5. The highest BCUT2D eigenvalue weighted by molar-refractivity contribution is 7.91. The molecule has 3 aromatic heterocycles. The van der Waals surface area contributed by atoms with Crippen LogP contribution in [0.4, 0.5) is 0 Å². The molecule has 0 N–H and O–H groups in total. The molecule has 4 heterocycles. The van der Waals surface area contributed by atoms with E-state index in [0.29, 0.717) is 29.4 Å². The number of nitrogens with zero attached hydrogens (tertiary/aromatic N) is 5. The molecule has 1 fully saturated rings. The van der Waals surface area contributed by atoms with Gasteiger partial charge >= 0.3 is 0 Å². The molecular weight excluding hydrogens is 446 g/mol. The van der Waals surface area contributed by atoms with E-state index in [2.05, 4.69) is 10.1 Å². The molecule has 0 atom stereocenters. The Kier molecular flexibility index (Phi) is 5.50. The van der Waals surface area contributed by atoms with Gasteiger partial charge in [0.1, 0.15) is 4.21 Å². The number of carbonyl (C=O) groups is 1. The molecule has 1 amide bonds. The highest BCUT2D eigenvalue weighted by Gasteiger charge is 2.31. The maximum absolute atomic E-state index is 13.0. The third kappa shape index (κ3) is 3.92. The predicted molar refractivity (Wildman–Crippen MR) is 122 cm³/mol. The van der Waals surface area contributed by atoms with E-state index in [9.17, 15) is 13.2 Å². The molecule has 0 unspecified atom stereocenters. The van der Waals surface area contributed by atoms with Crippen LogP contribution in [0.25, 0.3) is 11.0 Å². The van der Waals surface area contributed by atoms with Crippen molar-refractivity contribution in [2.45, 2.75) is 10.8 Å². The van der Waals surface area contributed by atoms with Gasteiger partial charge in [-0.25, -0.2) is 18.1 Å². The molecule has 0 radical (unpaired) electrons. The number of thiophene rings is 1. The van der Waals surface area contributed by atoms with Crippen LogP contribution in [0.5, 0.6) is 0 Å². The lowest BCUT2D eigenvalue weighted by molar-refractivity contribution is 0.0698. The molecule has 1 aliphatic heterocycles. The van der Waals surface area contributed by atoms with Gasteiger partial charge in [-0.1, -0.05) is 36.4 Å². The van der Waals surface area contributed by atoms with E-state index in [-0.39, 0.29) is 19.0 Å². The lowest BCUT2D eigenvalue weighted by Gasteiger charge is -2.33. The second-order valence-corrected chi connectivity index (χ2v) is 10.7. The fourth-order valence-corrected chi connectivity index (χ4v) is 6.38. The monoisotopic (exact) mass is 467 g/mol. The Morgan fingerprint density at radius 1 is 1.00 bits per heavy atom. The van der Waals surface area contributed by atoms with Gasteiger partial charge in [-0.2, -0.15) is 9.40 Å². The zero-order valence-electron chi connectivity index (χ0n) is 17.2. The molecule has 0 spiro atoms. The van der Waals surface area contributed by atoms with Crippen molar-refractivity contribution in [3.05, 3.63) is 77.4 Å². The SMILES string of the molecule is O=C(c1cnc2c(cnn2Cc2ccccc2)c1)N1CCN(S(=O)(=O)c2cccs2)CC1. The standard InChI is InChI=1S/C22H21N5O3S2/c28-22(25-8-10-26(11-9-25)32(29,30)20-7-4-12-31-20)19-13-18-15-24-27(21(18)23-14-19)16-17-5-2-1-3-6-17/h1-7,12-15H,8-11,16H2. The van der Waals surface area contributed by atoms with E-state index in [4.69, 9.17) is 0 Å². The third-order valence-corrected chi connectivity index (χ3v) is 8.78. The van der Waals surface area contributed by atoms with Crippen molar-refractivity contribution in [2.24, 2.45) is 0 Å². The predicted octanol–water partition coefficient (Wildman–Crippen LogP) is 2.69. The highest BCUT2D eigenvalue weighted by Crippen LogP contribution is 2.23. The molecule has 164 valence electrons. The van der Waals surface area contributed by atoms with Gasteiger partial charge in [-0.05, 0) is 23.1 Å². The lowest BCUT2D eigenvalue weighted by atomic mass is 10.2. The van der Waals surface area contributed by atoms with Crippen molar-refractivity contribution >= 4 is 38.3 Å². The zero-order chi connectivity index (χ0) is 22.1. The van der Waals surface area contributed by atoms with Crippen LogP contribution in [-0.2, 0) is 16.6 Å². The Labute approximate surface area is 189 Å². The number of rotatable bonds is 5. The van der Waals surface area contributed by atoms with Crippen molar-refractivity contribution < 1.29 is 13.2 Å². The van der Waals surface area contributed by atoms with Gasteiger partial charge in [-0.15, -0.1) is 11.3 Å². The number of benzene rings is 1. The number of aromatic nitrogens is 3. The highest BCUT2D eigenvalue weighted by atomic mass is 32.2. The normalized spacial score (nSPS) is 15.3. The van der Waals surface area contributed by atoms with Crippen LogP contribution in [0.15, 0.2) is 70.5 Å². The van der Waals surface area contributed by atoms with Crippen molar-refractivity contribution in [1.82, 2.24) is 24.0 Å². The second-order valence-electron chi connectivity index (χ2n) is 7.55. The Morgan fingerprint density at radius 3 is 2.50 bits per heavy atom. The van der Waals surface area contributed by atoms with E-state index in [1.807, 2.05) is 35.0 Å². The quantitative estimate of drug-likeness (QED) is 0.450. The van der Waals surface area contributed by atoms with Gasteiger partial charge < -0.3 is 4.90 Å². The van der Waals surface area contributed by atoms with Crippen molar-refractivity contribution in [3.63, 3.8) is 0 Å². The van der Waals surface area contributed by atoms with Gasteiger partial charge in [0.05, 0.1) is 18.3 Å². The van der Waals surface area contributed by atoms with E-state index < -0.39 is 10.0 Å². The summed E-state index contributed by atoms with van der Waals surface area (Å²) in [5, 5.41) is 6.97. The average molecular weight is 468 g/mol. The van der Waals surface area contributed by atoms with E-state index in [1.54, 1.807) is 40.9 Å². The van der Waals surface area contributed by atoms with Crippen LogP contribution >= 0.6 is 11.3 Å². The number of amides is 1. The minimum atomic E-state index is -3.49. The summed E-state index contributed by atoms with van der Waals surface area (Å²) < 4.78 is 29.0. The first-order chi connectivity index (χ1) is 15.5. The van der Waals surface area contributed by atoms with Gasteiger partial charge in [0.25, 0.3) is 15.9 Å². The number of fused-ring (bicyclic) bond motifs is 1. The van der Waals surface area contributed by atoms with E-state index in [1.165, 1.54) is 15.6 Å². The first-order valence-electron chi connectivity index (χ1n) is 10.2. The Balaban J connectivity index is 1.28. The van der Waals surface area contributed by atoms with Crippen LogP contribution < -0.4 is 0 Å².